The van der Waals surface area contributed by atoms with Crippen molar-refractivity contribution in [3.05, 3.63) is 54.4 Å². The first-order valence-corrected chi connectivity index (χ1v) is 12.6. The van der Waals surface area contributed by atoms with Crippen LogP contribution in [0, 0.1) is 6.92 Å². The van der Waals surface area contributed by atoms with Gasteiger partial charge in [-0.2, -0.15) is 5.10 Å². The molecule has 4 aromatic rings. The van der Waals surface area contributed by atoms with Crippen LogP contribution in [0.3, 0.4) is 0 Å². The molecule has 1 aliphatic rings. The summed E-state index contributed by atoms with van der Waals surface area (Å²) in [4.78, 5) is 32.3. The van der Waals surface area contributed by atoms with Gasteiger partial charge in [-0.25, -0.2) is 4.52 Å². The van der Waals surface area contributed by atoms with E-state index in [-0.39, 0.29) is 23.7 Å². The van der Waals surface area contributed by atoms with Gasteiger partial charge in [-0.3, -0.25) is 24.2 Å². The molecular formula is C26H31N9O3. The number of hydrogen-bond acceptors (Lipinski definition) is 8. The number of amides is 2. The molecule has 38 heavy (non-hydrogen) atoms. The molecule has 0 radical (unpaired) electrons. The average molecular weight is 518 g/mol. The fourth-order valence-corrected chi connectivity index (χ4v) is 4.70. The number of aryl methyl sites for hydroxylation is 1. The monoisotopic (exact) mass is 517 g/mol. The summed E-state index contributed by atoms with van der Waals surface area (Å²) in [5, 5.41) is 27.3. The molecule has 1 fully saturated rings. The maximum Gasteiger partial charge on any atom is 0.278 e. The second-order valence-electron chi connectivity index (χ2n) is 10.1. The molecule has 4 aromatic heterocycles. The number of pyridine rings is 2. The Balaban J connectivity index is 1.29. The van der Waals surface area contributed by atoms with E-state index in [4.69, 9.17) is 5.11 Å². The number of hydrogen-bond donors (Lipinski definition) is 3. The lowest BCUT2D eigenvalue weighted by Crippen LogP contribution is -2.42. The third-order valence-electron chi connectivity index (χ3n) is 6.95. The third-order valence-corrected chi connectivity index (χ3v) is 6.95. The van der Waals surface area contributed by atoms with Gasteiger partial charge < -0.3 is 15.7 Å². The van der Waals surface area contributed by atoms with Crippen LogP contribution in [-0.2, 0) is 11.3 Å². The number of likely N-dealkylation sites (tertiary alicyclic amines) is 1. The highest BCUT2D eigenvalue weighted by molar-refractivity contribution is 6.08. The van der Waals surface area contributed by atoms with E-state index >= 15 is 0 Å². The molecule has 0 bridgehead atoms. The topological polar surface area (TPSA) is 143 Å². The Kier molecular flexibility index (Phi) is 6.91. The van der Waals surface area contributed by atoms with Gasteiger partial charge >= 0.3 is 0 Å². The smallest absolute Gasteiger partial charge is 0.278 e. The van der Waals surface area contributed by atoms with Crippen molar-refractivity contribution >= 4 is 28.7 Å². The lowest BCUT2D eigenvalue weighted by Gasteiger charge is -2.30. The SMILES string of the molecule is Cc1ncc(NC(=O)CN2CCCC2(C)C)cc1NC(=O)c1nnn2cc(-c3cnn(CCO)c3)ccc12. The van der Waals surface area contributed by atoms with Gasteiger partial charge in [0.15, 0.2) is 5.69 Å². The van der Waals surface area contributed by atoms with Crippen LogP contribution in [0.1, 0.15) is 42.9 Å². The van der Waals surface area contributed by atoms with Crippen molar-refractivity contribution in [3.63, 3.8) is 0 Å². The maximum absolute atomic E-state index is 13.1. The van der Waals surface area contributed by atoms with E-state index in [9.17, 15) is 9.59 Å². The van der Waals surface area contributed by atoms with Gasteiger partial charge in [-0.05, 0) is 52.3 Å². The zero-order valence-corrected chi connectivity index (χ0v) is 21.7. The molecule has 1 saturated heterocycles. The van der Waals surface area contributed by atoms with E-state index in [1.165, 1.54) is 4.52 Å². The molecule has 0 aromatic carbocycles. The Labute approximate surface area is 219 Å². The van der Waals surface area contributed by atoms with Crippen LogP contribution >= 0.6 is 0 Å². The summed E-state index contributed by atoms with van der Waals surface area (Å²) in [5.41, 5.74) is 4.00. The molecular weight excluding hydrogens is 486 g/mol. The molecule has 5 heterocycles. The molecule has 0 spiro atoms. The molecule has 3 N–H and O–H groups in total. The van der Waals surface area contributed by atoms with Crippen molar-refractivity contribution < 1.29 is 14.7 Å². The average Bonchev–Trinajstić information content (AvgIpc) is 3.60. The minimum atomic E-state index is -0.435. The van der Waals surface area contributed by atoms with E-state index in [1.54, 1.807) is 42.3 Å². The second-order valence-corrected chi connectivity index (χ2v) is 10.1. The van der Waals surface area contributed by atoms with Gasteiger partial charge in [0.1, 0.15) is 0 Å². The zero-order valence-electron chi connectivity index (χ0n) is 21.7. The Bertz CT molecular complexity index is 1490. The largest absolute Gasteiger partial charge is 0.394 e. The van der Waals surface area contributed by atoms with Crippen molar-refractivity contribution in [2.24, 2.45) is 0 Å². The molecule has 12 heteroatoms. The number of anilines is 2. The fourth-order valence-electron chi connectivity index (χ4n) is 4.70. The summed E-state index contributed by atoms with van der Waals surface area (Å²) in [6.45, 7) is 7.69. The standard InChI is InChI=1S/C26H31N9O3/c1-17-21(11-20(13-27-17)29-23(37)16-33-8-4-7-26(33,2)3)30-25(38)24-22-6-5-18(15-35(22)32-31-24)19-12-28-34(14-19)9-10-36/h5-6,11-15,36H,4,7-10,16H2,1-3H3,(H,29,37)(H,30,38). The van der Waals surface area contributed by atoms with Gasteiger partial charge in [-0.1, -0.05) is 11.3 Å². The third kappa shape index (κ3) is 5.27. The normalized spacial score (nSPS) is 15.2. The van der Waals surface area contributed by atoms with Crippen LogP contribution < -0.4 is 10.6 Å². The lowest BCUT2D eigenvalue weighted by molar-refractivity contribution is -0.118. The van der Waals surface area contributed by atoms with Gasteiger partial charge in [-0.15, -0.1) is 5.10 Å². The Morgan fingerprint density at radius 2 is 1.97 bits per heavy atom. The summed E-state index contributed by atoms with van der Waals surface area (Å²) in [6, 6.07) is 5.33. The summed E-state index contributed by atoms with van der Waals surface area (Å²) >= 11 is 0. The minimum Gasteiger partial charge on any atom is -0.394 e. The number of rotatable bonds is 8. The van der Waals surface area contributed by atoms with Crippen LogP contribution in [-0.4, -0.2) is 76.6 Å². The van der Waals surface area contributed by atoms with E-state index < -0.39 is 5.91 Å². The number of carbonyl (C=O) groups is 2. The number of fused-ring (bicyclic) bond motifs is 1. The van der Waals surface area contributed by atoms with Crippen molar-refractivity contribution in [1.82, 2.24) is 34.5 Å². The molecule has 1 aliphatic heterocycles. The van der Waals surface area contributed by atoms with E-state index in [0.717, 1.165) is 30.5 Å². The number of aliphatic hydroxyl groups excluding tert-OH is 1. The molecule has 0 saturated carbocycles. The highest BCUT2D eigenvalue weighted by atomic mass is 16.3. The molecule has 5 rings (SSSR count). The van der Waals surface area contributed by atoms with E-state index in [2.05, 4.69) is 49.8 Å². The molecule has 12 nitrogen and oxygen atoms in total. The molecule has 2 amide bonds. The van der Waals surface area contributed by atoms with Crippen molar-refractivity contribution in [1.29, 1.82) is 0 Å². The lowest BCUT2D eigenvalue weighted by atomic mass is 10.0. The number of nitrogens with one attached hydrogen (secondary N) is 2. The zero-order chi connectivity index (χ0) is 26.9. The fraction of sp³-hybridized carbons (Fsp3) is 0.385. The predicted octanol–water partition coefficient (Wildman–Crippen LogP) is 2.35. The molecule has 0 aliphatic carbocycles. The van der Waals surface area contributed by atoms with Gasteiger partial charge in [0.05, 0.1) is 54.7 Å². The summed E-state index contributed by atoms with van der Waals surface area (Å²) in [5.74, 6) is -0.555. The number of aliphatic hydroxyl groups is 1. The van der Waals surface area contributed by atoms with E-state index in [0.29, 0.717) is 35.7 Å². The van der Waals surface area contributed by atoms with Gasteiger partial charge in [0, 0.05) is 29.1 Å². The van der Waals surface area contributed by atoms with Crippen LogP contribution in [0.2, 0.25) is 0 Å². The molecule has 198 valence electrons. The summed E-state index contributed by atoms with van der Waals surface area (Å²) in [6.07, 6.45) is 9.03. The highest BCUT2D eigenvalue weighted by Gasteiger charge is 2.32. The Morgan fingerprint density at radius 3 is 2.74 bits per heavy atom. The quantitative estimate of drug-likeness (QED) is 0.323. The first kappa shape index (κ1) is 25.5. The summed E-state index contributed by atoms with van der Waals surface area (Å²) < 4.78 is 3.19. The van der Waals surface area contributed by atoms with E-state index in [1.807, 2.05) is 12.3 Å². The number of nitrogens with zero attached hydrogens (tertiary/aromatic N) is 7. The van der Waals surface area contributed by atoms with Crippen molar-refractivity contribution in [2.75, 3.05) is 30.3 Å². The number of aromatic nitrogens is 6. The highest BCUT2D eigenvalue weighted by Crippen LogP contribution is 2.28. The van der Waals surface area contributed by atoms with Crippen LogP contribution in [0.15, 0.2) is 43.0 Å². The van der Waals surface area contributed by atoms with Crippen LogP contribution in [0.4, 0.5) is 11.4 Å². The maximum atomic E-state index is 13.1. The number of carbonyl (C=O) groups excluding carboxylic acids is 2. The molecule has 0 unspecified atom stereocenters. The van der Waals surface area contributed by atoms with Crippen molar-refractivity contribution in [3.8, 4) is 11.1 Å². The van der Waals surface area contributed by atoms with Gasteiger partial charge in [0.25, 0.3) is 5.91 Å². The van der Waals surface area contributed by atoms with Gasteiger partial charge in [0.2, 0.25) is 5.91 Å². The van der Waals surface area contributed by atoms with Crippen LogP contribution in [0.25, 0.3) is 16.6 Å². The Hall–Kier alpha value is -4.16. The first-order chi connectivity index (χ1) is 18.2. The predicted molar refractivity (Wildman–Crippen MR) is 142 cm³/mol. The van der Waals surface area contributed by atoms with Crippen LogP contribution in [0.5, 0.6) is 0 Å². The first-order valence-electron chi connectivity index (χ1n) is 12.6. The minimum absolute atomic E-state index is 0.00290. The molecule has 0 atom stereocenters. The summed E-state index contributed by atoms with van der Waals surface area (Å²) in [7, 11) is 0. The van der Waals surface area contributed by atoms with Crippen molar-refractivity contribution in [2.45, 2.75) is 45.7 Å². The Morgan fingerprint density at radius 1 is 1.13 bits per heavy atom. The second kappa shape index (κ2) is 10.3.